The van der Waals surface area contributed by atoms with Crippen molar-refractivity contribution in [1.82, 2.24) is 14.3 Å². The van der Waals surface area contributed by atoms with Crippen LogP contribution in [0.3, 0.4) is 0 Å². The van der Waals surface area contributed by atoms with Crippen LogP contribution in [-0.2, 0) is 0 Å². The Labute approximate surface area is 112 Å². The Balaban J connectivity index is 1.85. The number of piperidine rings is 1. The van der Waals surface area contributed by atoms with Crippen molar-refractivity contribution in [2.24, 2.45) is 0 Å². The molecular formula is C14H18ClN3. The average molecular weight is 264 g/mol. The van der Waals surface area contributed by atoms with Crippen LogP contribution in [0.25, 0.3) is 5.65 Å². The van der Waals surface area contributed by atoms with Crippen LogP contribution in [0.1, 0.15) is 31.4 Å². The SMILES string of the molecule is CCN1CCC(c2cn3c(Cl)cccc3n2)CC1. The van der Waals surface area contributed by atoms with E-state index in [0.29, 0.717) is 5.92 Å². The normalized spacial score (nSPS) is 18.6. The predicted molar refractivity (Wildman–Crippen MR) is 74.3 cm³/mol. The Bertz CT molecular complexity index is 541. The summed E-state index contributed by atoms with van der Waals surface area (Å²) in [7, 11) is 0. The quantitative estimate of drug-likeness (QED) is 0.776. The maximum Gasteiger partial charge on any atom is 0.138 e. The molecule has 0 N–H and O–H groups in total. The largest absolute Gasteiger partial charge is 0.304 e. The molecule has 1 saturated heterocycles. The molecule has 1 aliphatic rings. The molecule has 3 nitrogen and oxygen atoms in total. The summed E-state index contributed by atoms with van der Waals surface area (Å²) in [6.45, 7) is 5.75. The van der Waals surface area contributed by atoms with Gasteiger partial charge >= 0.3 is 0 Å². The molecule has 2 aromatic heterocycles. The summed E-state index contributed by atoms with van der Waals surface area (Å²) in [5, 5.41) is 0.734. The molecule has 0 aliphatic carbocycles. The molecule has 0 aromatic carbocycles. The van der Waals surface area contributed by atoms with Gasteiger partial charge in [0.15, 0.2) is 0 Å². The number of nitrogens with zero attached hydrogens (tertiary/aromatic N) is 3. The molecule has 1 aliphatic heterocycles. The Kier molecular flexibility index (Phi) is 3.27. The number of aromatic nitrogens is 2. The van der Waals surface area contributed by atoms with Gasteiger partial charge in [-0.25, -0.2) is 4.98 Å². The molecule has 2 aromatic rings. The molecule has 96 valence electrons. The van der Waals surface area contributed by atoms with E-state index in [9.17, 15) is 0 Å². The van der Waals surface area contributed by atoms with E-state index in [1.807, 2.05) is 22.6 Å². The number of fused-ring (bicyclic) bond motifs is 1. The lowest BCUT2D eigenvalue weighted by Gasteiger charge is -2.30. The van der Waals surface area contributed by atoms with Gasteiger partial charge in [0.1, 0.15) is 10.8 Å². The van der Waals surface area contributed by atoms with Crippen molar-refractivity contribution in [3.63, 3.8) is 0 Å². The molecule has 0 amide bonds. The van der Waals surface area contributed by atoms with Crippen molar-refractivity contribution in [1.29, 1.82) is 0 Å². The van der Waals surface area contributed by atoms with Crippen LogP contribution in [0.2, 0.25) is 5.15 Å². The maximum absolute atomic E-state index is 6.17. The van der Waals surface area contributed by atoms with E-state index in [1.54, 1.807) is 0 Å². The predicted octanol–water partition coefficient (Wildman–Crippen LogP) is 3.19. The van der Waals surface area contributed by atoms with Crippen LogP contribution in [-0.4, -0.2) is 33.9 Å². The van der Waals surface area contributed by atoms with Crippen molar-refractivity contribution < 1.29 is 0 Å². The topological polar surface area (TPSA) is 20.5 Å². The summed E-state index contributed by atoms with van der Waals surface area (Å²) >= 11 is 6.17. The summed E-state index contributed by atoms with van der Waals surface area (Å²) in [6, 6.07) is 5.87. The van der Waals surface area contributed by atoms with Gasteiger partial charge in [0.2, 0.25) is 0 Å². The lowest BCUT2D eigenvalue weighted by molar-refractivity contribution is 0.221. The van der Waals surface area contributed by atoms with Crippen LogP contribution in [0.4, 0.5) is 0 Å². The zero-order chi connectivity index (χ0) is 12.5. The summed E-state index contributed by atoms with van der Waals surface area (Å²) in [5.41, 5.74) is 2.15. The molecule has 0 saturated carbocycles. The number of likely N-dealkylation sites (tertiary alicyclic amines) is 1. The number of pyridine rings is 1. The summed E-state index contributed by atoms with van der Waals surface area (Å²) < 4.78 is 1.98. The highest BCUT2D eigenvalue weighted by molar-refractivity contribution is 6.29. The summed E-state index contributed by atoms with van der Waals surface area (Å²) in [6.07, 6.45) is 4.51. The van der Waals surface area contributed by atoms with Crippen LogP contribution in [0.15, 0.2) is 24.4 Å². The van der Waals surface area contributed by atoms with Gasteiger partial charge in [0, 0.05) is 12.1 Å². The smallest absolute Gasteiger partial charge is 0.138 e. The summed E-state index contributed by atoms with van der Waals surface area (Å²) in [4.78, 5) is 7.21. The van der Waals surface area contributed by atoms with Gasteiger partial charge in [0.25, 0.3) is 0 Å². The Morgan fingerprint density at radius 1 is 1.33 bits per heavy atom. The molecular weight excluding hydrogens is 246 g/mol. The first-order valence-corrected chi connectivity index (χ1v) is 7.01. The minimum Gasteiger partial charge on any atom is -0.304 e. The van der Waals surface area contributed by atoms with Crippen molar-refractivity contribution in [2.75, 3.05) is 19.6 Å². The van der Waals surface area contributed by atoms with Gasteiger partial charge in [-0.05, 0) is 44.6 Å². The molecule has 4 heteroatoms. The molecule has 1 fully saturated rings. The second-order valence-electron chi connectivity index (χ2n) is 4.95. The van der Waals surface area contributed by atoms with Gasteiger partial charge in [-0.1, -0.05) is 24.6 Å². The first kappa shape index (κ1) is 12.0. The highest BCUT2D eigenvalue weighted by Crippen LogP contribution is 2.28. The Hall–Kier alpha value is -1.06. The number of rotatable bonds is 2. The van der Waals surface area contributed by atoms with Crippen molar-refractivity contribution >= 4 is 17.2 Å². The molecule has 0 bridgehead atoms. The van der Waals surface area contributed by atoms with E-state index in [1.165, 1.54) is 31.6 Å². The van der Waals surface area contributed by atoms with Crippen molar-refractivity contribution in [3.05, 3.63) is 35.2 Å². The van der Waals surface area contributed by atoms with E-state index < -0.39 is 0 Å². The molecule has 3 heterocycles. The lowest BCUT2D eigenvalue weighted by Crippen LogP contribution is -2.32. The first-order chi connectivity index (χ1) is 8.78. The molecule has 3 rings (SSSR count). The number of halogens is 1. The van der Waals surface area contributed by atoms with Gasteiger partial charge < -0.3 is 4.90 Å². The molecule has 0 unspecified atom stereocenters. The minimum absolute atomic E-state index is 0.587. The second-order valence-corrected chi connectivity index (χ2v) is 5.34. The third-order valence-corrected chi connectivity index (χ3v) is 4.22. The maximum atomic E-state index is 6.17. The zero-order valence-corrected chi connectivity index (χ0v) is 11.4. The van der Waals surface area contributed by atoms with Gasteiger partial charge in [-0.15, -0.1) is 0 Å². The van der Waals surface area contributed by atoms with Gasteiger partial charge in [-0.3, -0.25) is 4.40 Å². The van der Waals surface area contributed by atoms with Crippen molar-refractivity contribution in [3.8, 4) is 0 Å². The van der Waals surface area contributed by atoms with Crippen LogP contribution in [0.5, 0.6) is 0 Å². The minimum atomic E-state index is 0.587. The second kappa shape index (κ2) is 4.90. The lowest BCUT2D eigenvalue weighted by atomic mass is 9.94. The zero-order valence-electron chi connectivity index (χ0n) is 10.6. The van der Waals surface area contributed by atoms with Crippen LogP contribution >= 0.6 is 11.6 Å². The molecule has 18 heavy (non-hydrogen) atoms. The number of hydrogen-bond acceptors (Lipinski definition) is 2. The number of imidazole rings is 1. The van der Waals surface area contributed by atoms with Crippen LogP contribution < -0.4 is 0 Å². The fourth-order valence-corrected chi connectivity index (χ4v) is 2.95. The highest BCUT2D eigenvalue weighted by Gasteiger charge is 2.21. The van der Waals surface area contributed by atoms with E-state index in [4.69, 9.17) is 16.6 Å². The Morgan fingerprint density at radius 3 is 2.78 bits per heavy atom. The van der Waals surface area contributed by atoms with E-state index in [2.05, 4.69) is 18.0 Å². The molecule has 0 spiro atoms. The fraction of sp³-hybridized carbons (Fsp3) is 0.500. The third-order valence-electron chi connectivity index (χ3n) is 3.91. The van der Waals surface area contributed by atoms with Gasteiger partial charge in [-0.2, -0.15) is 0 Å². The van der Waals surface area contributed by atoms with E-state index >= 15 is 0 Å². The molecule has 0 radical (unpaired) electrons. The fourth-order valence-electron chi connectivity index (χ4n) is 2.74. The first-order valence-electron chi connectivity index (χ1n) is 6.64. The van der Waals surface area contributed by atoms with Gasteiger partial charge in [0.05, 0.1) is 5.69 Å². The van der Waals surface area contributed by atoms with E-state index in [-0.39, 0.29) is 0 Å². The third kappa shape index (κ3) is 2.13. The van der Waals surface area contributed by atoms with Crippen LogP contribution in [0, 0.1) is 0 Å². The average Bonchev–Trinajstić information content (AvgIpc) is 2.84. The van der Waals surface area contributed by atoms with Crippen molar-refractivity contribution in [2.45, 2.75) is 25.7 Å². The highest BCUT2D eigenvalue weighted by atomic mass is 35.5. The monoisotopic (exact) mass is 263 g/mol. The summed E-state index contributed by atoms with van der Waals surface area (Å²) in [5.74, 6) is 0.587. The van der Waals surface area contributed by atoms with E-state index in [0.717, 1.165) is 17.3 Å². The number of hydrogen-bond donors (Lipinski definition) is 0. The molecule has 0 atom stereocenters. The standard InChI is InChI=1S/C14H18ClN3/c1-2-17-8-6-11(7-9-17)12-10-18-13(15)4-3-5-14(18)16-12/h3-5,10-11H,2,6-9H2,1H3. The Morgan fingerprint density at radius 2 is 2.11 bits per heavy atom.